The number of rotatable bonds is 4. The number of aromatic nitrogens is 5. The lowest BCUT2D eigenvalue weighted by Crippen LogP contribution is -2.02. The van der Waals surface area contributed by atoms with Crippen molar-refractivity contribution in [3.8, 4) is 17.0 Å². The minimum Gasteiger partial charge on any atom is -0.481 e. The van der Waals surface area contributed by atoms with Gasteiger partial charge < -0.3 is 4.74 Å². The van der Waals surface area contributed by atoms with Crippen LogP contribution in [0.1, 0.15) is 11.1 Å². The first-order valence-corrected chi connectivity index (χ1v) is 6.53. The summed E-state index contributed by atoms with van der Waals surface area (Å²) in [7, 11) is 1.62. The van der Waals surface area contributed by atoms with Crippen LogP contribution in [0.5, 0.6) is 5.88 Å². The molecule has 0 N–H and O–H groups in total. The summed E-state index contributed by atoms with van der Waals surface area (Å²) in [5.74, 6) is 0.588. The molecule has 3 aromatic rings. The van der Waals surface area contributed by atoms with Crippen LogP contribution in [-0.2, 0) is 6.54 Å². The SMILES string of the molecule is COc1ncc(Cn2cncn2)cc1-c1cncc(C)c1. The van der Waals surface area contributed by atoms with E-state index in [0.717, 1.165) is 22.3 Å². The number of methoxy groups -OCH3 is 1. The average Bonchev–Trinajstić information content (AvgIpc) is 3.00. The van der Waals surface area contributed by atoms with E-state index < -0.39 is 0 Å². The van der Waals surface area contributed by atoms with Crippen LogP contribution in [0.25, 0.3) is 11.1 Å². The number of ether oxygens (including phenoxy) is 1. The third kappa shape index (κ3) is 2.89. The monoisotopic (exact) mass is 281 g/mol. The van der Waals surface area contributed by atoms with Gasteiger partial charge >= 0.3 is 0 Å². The first-order valence-electron chi connectivity index (χ1n) is 6.53. The van der Waals surface area contributed by atoms with E-state index in [1.165, 1.54) is 6.33 Å². The van der Waals surface area contributed by atoms with E-state index in [0.29, 0.717) is 12.4 Å². The quantitative estimate of drug-likeness (QED) is 0.732. The van der Waals surface area contributed by atoms with E-state index in [1.54, 1.807) is 24.3 Å². The third-order valence-electron chi connectivity index (χ3n) is 3.10. The molecule has 0 aliphatic heterocycles. The summed E-state index contributed by atoms with van der Waals surface area (Å²) >= 11 is 0. The lowest BCUT2D eigenvalue weighted by molar-refractivity contribution is 0.399. The van der Waals surface area contributed by atoms with Gasteiger partial charge in [-0.15, -0.1) is 0 Å². The molecule has 21 heavy (non-hydrogen) atoms. The lowest BCUT2D eigenvalue weighted by atomic mass is 10.1. The van der Waals surface area contributed by atoms with E-state index in [9.17, 15) is 0 Å². The number of nitrogens with zero attached hydrogens (tertiary/aromatic N) is 5. The zero-order valence-electron chi connectivity index (χ0n) is 11.9. The van der Waals surface area contributed by atoms with E-state index in [-0.39, 0.29) is 0 Å². The summed E-state index contributed by atoms with van der Waals surface area (Å²) in [6.07, 6.45) is 8.61. The third-order valence-corrected chi connectivity index (χ3v) is 3.10. The average molecular weight is 281 g/mol. The Bertz CT molecular complexity index is 740. The molecule has 0 amide bonds. The summed E-state index contributed by atoms with van der Waals surface area (Å²) in [6.45, 7) is 2.62. The highest BCUT2D eigenvalue weighted by molar-refractivity contribution is 5.68. The first kappa shape index (κ1) is 13.2. The molecule has 0 aromatic carbocycles. The summed E-state index contributed by atoms with van der Waals surface area (Å²) in [4.78, 5) is 12.5. The summed E-state index contributed by atoms with van der Waals surface area (Å²) in [5, 5.41) is 4.10. The Balaban J connectivity index is 2.01. The number of pyridine rings is 2. The van der Waals surface area contributed by atoms with Crippen LogP contribution >= 0.6 is 0 Å². The molecule has 0 unspecified atom stereocenters. The van der Waals surface area contributed by atoms with Crippen LogP contribution in [0.15, 0.2) is 43.4 Å². The van der Waals surface area contributed by atoms with Gasteiger partial charge in [-0.2, -0.15) is 5.10 Å². The molecule has 6 heteroatoms. The van der Waals surface area contributed by atoms with E-state index in [1.807, 2.05) is 25.4 Å². The second-order valence-corrected chi connectivity index (χ2v) is 4.74. The number of hydrogen-bond donors (Lipinski definition) is 0. The second kappa shape index (κ2) is 5.70. The minimum atomic E-state index is 0.588. The number of aryl methyl sites for hydroxylation is 1. The highest BCUT2D eigenvalue weighted by Crippen LogP contribution is 2.28. The van der Waals surface area contributed by atoms with Crippen LogP contribution in [0.2, 0.25) is 0 Å². The van der Waals surface area contributed by atoms with Crippen molar-refractivity contribution in [3.63, 3.8) is 0 Å². The highest BCUT2D eigenvalue weighted by Gasteiger charge is 2.10. The molecule has 0 saturated carbocycles. The number of hydrogen-bond acceptors (Lipinski definition) is 5. The van der Waals surface area contributed by atoms with Crippen molar-refractivity contribution in [2.45, 2.75) is 13.5 Å². The summed E-state index contributed by atoms with van der Waals surface area (Å²) in [6, 6.07) is 4.11. The van der Waals surface area contributed by atoms with Crippen LogP contribution in [0.4, 0.5) is 0 Å². The molecule has 0 atom stereocenters. The lowest BCUT2D eigenvalue weighted by Gasteiger charge is -2.10. The van der Waals surface area contributed by atoms with Gasteiger partial charge in [0.25, 0.3) is 0 Å². The van der Waals surface area contributed by atoms with Crippen LogP contribution in [-0.4, -0.2) is 31.8 Å². The fourth-order valence-corrected chi connectivity index (χ4v) is 2.16. The molecule has 0 aliphatic rings. The van der Waals surface area contributed by atoms with Gasteiger partial charge in [-0.25, -0.2) is 14.6 Å². The fraction of sp³-hybridized carbons (Fsp3) is 0.200. The largest absolute Gasteiger partial charge is 0.481 e. The van der Waals surface area contributed by atoms with Crippen molar-refractivity contribution in [2.24, 2.45) is 0 Å². The standard InChI is InChI=1S/C15H15N5O/c1-11-3-13(7-16-5-11)14-4-12(6-18-15(14)21-2)8-20-10-17-9-19-20/h3-7,9-10H,8H2,1-2H3. The van der Waals surface area contributed by atoms with Gasteiger partial charge in [0, 0.05) is 29.7 Å². The van der Waals surface area contributed by atoms with Crippen molar-refractivity contribution < 1.29 is 4.74 Å². The van der Waals surface area contributed by atoms with E-state index in [4.69, 9.17) is 4.74 Å². The maximum Gasteiger partial charge on any atom is 0.221 e. The molecular formula is C15H15N5O. The van der Waals surface area contributed by atoms with Crippen molar-refractivity contribution in [1.29, 1.82) is 0 Å². The molecule has 3 aromatic heterocycles. The summed E-state index contributed by atoms with van der Waals surface area (Å²) < 4.78 is 7.11. The Morgan fingerprint density at radius 1 is 1.14 bits per heavy atom. The Hall–Kier alpha value is -2.76. The molecule has 0 bridgehead atoms. The Kier molecular flexibility index (Phi) is 3.59. The van der Waals surface area contributed by atoms with Gasteiger partial charge in [-0.05, 0) is 30.2 Å². The van der Waals surface area contributed by atoms with Gasteiger partial charge in [0.2, 0.25) is 5.88 Å². The predicted octanol–water partition coefficient (Wildman–Crippen LogP) is 2.10. The topological polar surface area (TPSA) is 65.7 Å². The van der Waals surface area contributed by atoms with Gasteiger partial charge in [0.15, 0.2) is 0 Å². The van der Waals surface area contributed by atoms with Crippen molar-refractivity contribution >= 4 is 0 Å². The molecule has 0 spiro atoms. The smallest absolute Gasteiger partial charge is 0.221 e. The molecule has 3 heterocycles. The zero-order chi connectivity index (χ0) is 14.7. The molecule has 3 rings (SSSR count). The molecule has 0 saturated heterocycles. The van der Waals surface area contributed by atoms with Crippen LogP contribution in [0, 0.1) is 6.92 Å². The molecule has 0 radical (unpaired) electrons. The molecule has 106 valence electrons. The Labute approximate surface area is 122 Å². The van der Waals surface area contributed by atoms with Gasteiger partial charge in [0.1, 0.15) is 12.7 Å². The van der Waals surface area contributed by atoms with Gasteiger partial charge in [-0.3, -0.25) is 4.98 Å². The van der Waals surface area contributed by atoms with E-state index in [2.05, 4.69) is 26.1 Å². The van der Waals surface area contributed by atoms with Crippen molar-refractivity contribution in [3.05, 3.63) is 54.5 Å². The minimum absolute atomic E-state index is 0.588. The van der Waals surface area contributed by atoms with E-state index >= 15 is 0 Å². The van der Waals surface area contributed by atoms with Gasteiger partial charge in [0.05, 0.1) is 13.7 Å². The molecule has 0 aliphatic carbocycles. The van der Waals surface area contributed by atoms with Crippen molar-refractivity contribution in [1.82, 2.24) is 24.7 Å². The maximum absolute atomic E-state index is 5.36. The second-order valence-electron chi connectivity index (χ2n) is 4.74. The first-order chi connectivity index (χ1) is 10.3. The maximum atomic E-state index is 5.36. The Morgan fingerprint density at radius 3 is 2.76 bits per heavy atom. The zero-order valence-corrected chi connectivity index (χ0v) is 11.9. The highest BCUT2D eigenvalue weighted by atomic mass is 16.5. The molecular weight excluding hydrogens is 266 g/mol. The predicted molar refractivity (Wildman–Crippen MR) is 77.9 cm³/mol. The molecule has 0 fully saturated rings. The Morgan fingerprint density at radius 2 is 2.05 bits per heavy atom. The van der Waals surface area contributed by atoms with Crippen LogP contribution in [0.3, 0.4) is 0 Å². The van der Waals surface area contributed by atoms with Crippen molar-refractivity contribution in [2.75, 3.05) is 7.11 Å². The van der Waals surface area contributed by atoms with Gasteiger partial charge in [-0.1, -0.05) is 0 Å². The molecule has 6 nitrogen and oxygen atoms in total. The normalized spacial score (nSPS) is 10.6. The summed E-state index contributed by atoms with van der Waals surface area (Å²) in [5.41, 5.74) is 4.03. The fourth-order valence-electron chi connectivity index (χ4n) is 2.16. The van der Waals surface area contributed by atoms with Crippen LogP contribution < -0.4 is 4.74 Å².